The number of aromatic hydroxyl groups is 1. The van der Waals surface area contributed by atoms with Crippen LogP contribution in [0.25, 0.3) is 0 Å². The van der Waals surface area contributed by atoms with E-state index in [1.54, 1.807) is 29.8 Å². The Morgan fingerprint density at radius 1 is 1.16 bits per heavy atom. The zero-order chi connectivity index (χ0) is 17.8. The number of hydrogen-bond donors (Lipinski definition) is 1. The maximum atomic E-state index is 12.4. The maximum Gasteiger partial charge on any atom is 0.250 e. The molecule has 2 aromatic rings. The van der Waals surface area contributed by atoms with Crippen LogP contribution >= 0.6 is 0 Å². The summed E-state index contributed by atoms with van der Waals surface area (Å²) in [6.07, 6.45) is 4.79. The highest BCUT2D eigenvalue weighted by Crippen LogP contribution is 2.27. The number of piperidine rings is 1. The molecular weight excluding hydrogens is 316 g/mol. The van der Waals surface area contributed by atoms with Crippen molar-refractivity contribution in [2.45, 2.75) is 31.6 Å². The molecule has 5 heteroatoms. The number of aryl methyl sites for hydroxylation is 2. The van der Waals surface area contributed by atoms with Crippen LogP contribution in [-0.2, 0) is 18.3 Å². The molecule has 0 saturated carbocycles. The quantitative estimate of drug-likeness (QED) is 0.930. The molecule has 1 N–H and O–H groups in total. The van der Waals surface area contributed by atoms with Crippen molar-refractivity contribution >= 4 is 5.91 Å². The molecule has 3 rings (SSSR count). The largest absolute Gasteiger partial charge is 0.508 e. The van der Waals surface area contributed by atoms with E-state index in [9.17, 15) is 14.7 Å². The summed E-state index contributed by atoms with van der Waals surface area (Å²) in [7, 11) is 1.75. The number of phenolic OH excluding ortho intramolecular Hbond substituents is 1. The lowest BCUT2D eigenvalue weighted by molar-refractivity contribution is -0.132. The highest BCUT2D eigenvalue weighted by molar-refractivity contribution is 5.76. The number of rotatable bonds is 4. The predicted molar refractivity (Wildman–Crippen MR) is 96.7 cm³/mol. The second kappa shape index (κ2) is 7.55. The molecule has 5 nitrogen and oxygen atoms in total. The summed E-state index contributed by atoms with van der Waals surface area (Å²) in [6.45, 7) is 1.49. The first-order chi connectivity index (χ1) is 12.0. The molecule has 1 aliphatic heterocycles. The third-order valence-electron chi connectivity index (χ3n) is 5.01. The number of nitrogens with zero attached hydrogens (tertiary/aromatic N) is 2. The Bertz CT molecular complexity index is 787. The summed E-state index contributed by atoms with van der Waals surface area (Å²) in [5.74, 6) is 0.776. The lowest BCUT2D eigenvalue weighted by atomic mass is 9.90. The Kier molecular flexibility index (Phi) is 5.22. The van der Waals surface area contributed by atoms with E-state index >= 15 is 0 Å². The SMILES string of the molecule is Cn1ccc(C2CCN(C(=O)CCc3ccc(O)cc3)CC2)cc1=O. The van der Waals surface area contributed by atoms with Gasteiger partial charge in [-0.2, -0.15) is 0 Å². The monoisotopic (exact) mass is 340 g/mol. The molecule has 1 aromatic carbocycles. The minimum Gasteiger partial charge on any atom is -0.508 e. The van der Waals surface area contributed by atoms with Crippen LogP contribution in [0.2, 0.25) is 0 Å². The van der Waals surface area contributed by atoms with Gasteiger partial charge in [-0.3, -0.25) is 9.59 Å². The van der Waals surface area contributed by atoms with Crippen molar-refractivity contribution in [2.75, 3.05) is 13.1 Å². The van der Waals surface area contributed by atoms with Crippen LogP contribution < -0.4 is 5.56 Å². The number of carbonyl (C=O) groups excluding carboxylic acids is 1. The van der Waals surface area contributed by atoms with E-state index in [1.165, 1.54) is 0 Å². The zero-order valence-electron chi connectivity index (χ0n) is 14.5. The average Bonchev–Trinajstić information content (AvgIpc) is 2.63. The van der Waals surface area contributed by atoms with Crippen LogP contribution in [0.4, 0.5) is 0 Å². The van der Waals surface area contributed by atoms with Crippen LogP contribution in [0.3, 0.4) is 0 Å². The van der Waals surface area contributed by atoms with Crippen molar-refractivity contribution in [2.24, 2.45) is 7.05 Å². The van der Waals surface area contributed by atoms with E-state index in [0.29, 0.717) is 18.8 Å². The molecule has 0 atom stereocenters. The van der Waals surface area contributed by atoms with Gasteiger partial charge < -0.3 is 14.6 Å². The second-order valence-electron chi connectivity index (χ2n) is 6.73. The zero-order valence-corrected chi connectivity index (χ0v) is 14.5. The first kappa shape index (κ1) is 17.3. The first-order valence-corrected chi connectivity index (χ1v) is 8.75. The summed E-state index contributed by atoms with van der Waals surface area (Å²) < 4.78 is 1.57. The number of hydrogen-bond acceptors (Lipinski definition) is 3. The number of phenols is 1. The average molecular weight is 340 g/mol. The normalized spacial score (nSPS) is 15.3. The van der Waals surface area contributed by atoms with Gasteiger partial charge >= 0.3 is 0 Å². The first-order valence-electron chi connectivity index (χ1n) is 8.75. The molecule has 1 amide bonds. The Hall–Kier alpha value is -2.56. The molecule has 0 bridgehead atoms. The van der Waals surface area contributed by atoms with Crippen molar-refractivity contribution in [1.29, 1.82) is 0 Å². The maximum absolute atomic E-state index is 12.4. The third kappa shape index (κ3) is 4.29. The summed E-state index contributed by atoms with van der Waals surface area (Å²) in [4.78, 5) is 26.1. The van der Waals surface area contributed by atoms with Gasteiger partial charge in [-0.05, 0) is 54.5 Å². The number of benzene rings is 1. The standard InChI is InChI=1S/C20H24N2O3/c1-21-11-8-17(14-20(21)25)16-9-12-22(13-10-16)19(24)7-4-15-2-5-18(23)6-3-15/h2-3,5-6,8,11,14,16,23H,4,7,9-10,12-13H2,1H3. The van der Waals surface area contributed by atoms with E-state index in [0.717, 1.165) is 37.1 Å². The van der Waals surface area contributed by atoms with Gasteiger partial charge in [0.25, 0.3) is 5.56 Å². The summed E-state index contributed by atoms with van der Waals surface area (Å²) in [5.41, 5.74) is 2.16. The van der Waals surface area contributed by atoms with Crippen molar-refractivity contribution in [3.05, 3.63) is 64.1 Å². The fraction of sp³-hybridized carbons (Fsp3) is 0.400. The van der Waals surface area contributed by atoms with Gasteiger partial charge in [0.05, 0.1) is 0 Å². The number of aromatic nitrogens is 1. The molecule has 1 saturated heterocycles. The summed E-state index contributed by atoms with van der Waals surface area (Å²) >= 11 is 0. The minimum atomic E-state index is 0.0184. The molecular formula is C20H24N2O3. The van der Waals surface area contributed by atoms with E-state index < -0.39 is 0 Å². The molecule has 2 heterocycles. The number of pyridine rings is 1. The minimum absolute atomic E-state index is 0.0184. The van der Waals surface area contributed by atoms with Crippen LogP contribution in [0.1, 0.15) is 36.3 Å². The van der Waals surface area contributed by atoms with Crippen LogP contribution in [0, 0.1) is 0 Å². The van der Waals surface area contributed by atoms with Crippen molar-refractivity contribution in [3.63, 3.8) is 0 Å². The van der Waals surface area contributed by atoms with E-state index in [1.807, 2.05) is 29.3 Å². The Balaban J connectivity index is 1.51. The highest BCUT2D eigenvalue weighted by Gasteiger charge is 2.23. The lowest BCUT2D eigenvalue weighted by Crippen LogP contribution is -2.38. The van der Waals surface area contributed by atoms with Gasteiger partial charge in [-0.1, -0.05) is 12.1 Å². The molecule has 0 spiro atoms. The molecule has 1 fully saturated rings. The molecule has 0 radical (unpaired) electrons. The van der Waals surface area contributed by atoms with Crippen LogP contribution in [0.5, 0.6) is 5.75 Å². The van der Waals surface area contributed by atoms with Gasteiger partial charge in [0.2, 0.25) is 5.91 Å². The van der Waals surface area contributed by atoms with Crippen molar-refractivity contribution in [3.8, 4) is 5.75 Å². The molecule has 1 aromatic heterocycles. The van der Waals surface area contributed by atoms with Crippen LogP contribution in [0.15, 0.2) is 47.4 Å². The van der Waals surface area contributed by atoms with Crippen molar-refractivity contribution in [1.82, 2.24) is 9.47 Å². The highest BCUT2D eigenvalue weighted by atomic mass is 16.3. The Labute approximate surface area is 147 Å². The number of likely N-dealkylation sites (tertiary alicyclic amines) is 1. The topological polar surface area (TPSA) is 62.5 Å². The van der Waals surface area contributed by atoms with Crippen LogP contribution in [-0.4, -0.2) is 33.6 Å². The van der Waals surface area contributed by atoms with Gasteiger partial charge in [0.1, 0.15) is 5.75 Å². The van der Waals surface area contributed by atoms with Gasteiger partial charge in [-0.25, -0.2) is 0 Å². The van der Waals surface area contributed by atoms with E-state index in [4.69, 9.17) is 0 Å². The van der Waals surface area contributed by atoms with E-state index in [-0.39, 0.29) is 17.2 Å². The molecule has 0 aliphatic carbocycles. The Morgan fingerprint density at radius 3 is 2.48 bits per heavy atom. The lowest BCUT2D eigenvalue weighted by Gasteiger charge is -2.32. The molecule has 132 valence electrons. The summed E-state index contributed by atoms with van der Waals surface area (Å²) in [5, 5.41) is 9.29. The van der Waals surface area contributed by atoms with E-state index in [2.05, 4.69) is 0 Å². The van der Waals surface area contributed by atoms with Gasteiger partial charge in [0.15, 0.2) is 0 Å². The third-order valence-corrected chi connectivity index (χ3v) is 5.01. The Morgan fingerprint density at radius 2 is 1.84 bits per heavy atom. The molecule has 25 heavy (non-hydrogen) atoms. The smallest absolute Gasteiger partial charge is 0.250 e. The summed E-state index contributed by atoms with van der Waals surface area (Å²) in [6, 6.07) is 10.7. The van der Waals surface area contributed by atoms with Gasteiger partial charge in [0, 0.05) is 38.8 Å². The second-order valence-corrected chi connectivity index (χ2v) is 6.73. The molecule has 1 aliphatic rings. The number of carbonyl (C=O) groups is 1. The molecule has 0 unspecified atom stereocenters. The van der Waals surface area contributed by atoms with Crippen molar-refractivity contribution < 1.29 is 9.90 Å². The van der Waals surface area contributed by atoms with Gasteiger partial charge in [-0.15, -0.1) is 0 Å². The predicted octanol–water partition coefficient (Wildman–Crippen LogP) is 2.43. The number of amides is 1. The fourth-order valence-electron chi connectivity index (χ4n) is 3.35. The fourth-order valence-corrected chi connectivity index (χ4v) is 3.35.